The van der Waals surface area contributed by atoms with Crippen molar-refractivity contribution in [3.8, 4) is 0 Å². The van der Waals surface area contributed by atoms with Gasteiger partial charge in [-0.15, -0.1) is 0 Å². The lowest BCUT2D eigenvalue weighted by Crippen LogP contribution is -2.29. The molecule has 1 aromatic carbocycles. The van der Waals surface area contributed by atoms with Crippen LogP contribution in [0.2, 0.25) is 0 Å². The summed E-state index contributed by atoms with van der Waals surface area (Å²) < 4.78 is 14.4. The third-order valence-corrected chi connectivity index (χ3v) is 5.61. The zero-order chi connectivity index (χ0) is 19.7. The van der Waals surface area contributed by atoms with E-state index in [0.717, 1.165) is 11.8 Å². The molecule has 2 aliphatic rings. The highest BCUT2D eigenvalue weighted by Crippen LogP contribution is 2.32. The number of anilines is 1. The van der Waals surface area contributed by atoms with Gasteiger partial charge < -0.3 is 10.4 Å². The number of nitrogens with zero attached hydrogens (tertiary/aromatic N) is 2. The number of benzene rings is 1. The molecule has 2 aromatic rings. The molecule has 1 aromatic heterocycles. The molecule has 4 rings (SSSR count). The van der Waals surface area contributed by atoms with Gasteiger partial charge in [0.2, 0.25) is 0 Å². The summed E-state index contributed by atoms with van der Waals surface area (Å²) in [6.45, 7) is 0.282. The van der Waals surface area contributed by atoms with E-state index in [4.69, 9.17) is 5.11 Å². The van der Waals surface area contributed by atoms with Crippen LogP contribution in [0, 0.1) is 5.82 Å². The summed E-state index contributed by atoms with van der Waals surface area (Å²) in [5.41, 5.74) is 2.89. The Labute approximate surface area is 162 Å². The van der Waals surface area contributed by atoms with E-state index in [0.29, 0.717) is 22.9 Å². The highest BCUT2D eigenvalue weighted by Gasteiger charge is 2.33. The molecule has 1 fully saturated rings. The Morgan fingerprint density at radius 1 is 1.25 bits per heavy atom. The number of carbonyl (C=O) groups is 2. The number of hydrogen-bond donors (Lipinski definition) is 2. The van der Waals surface area contributed by atoms with E-state index in [1.54, 1.807) is 0 Å². The van der Waals surface area contributed by atoms with Crippen molar-refractivity contribution in [3.63, 3.8) is 0 Å². The summed E-state index contributed by atoms with van der Waals surface area (Å²) >= 11 is 0. The fourth-order valence-corrected chi connectivity index (χ4v) is 4.03. The topological polar surface area (TPSA) is 82.5 Å². The van der Waals surface area contributed by atoms with Gasteiger partial charge in [0.15, 0.2) is 0 Å². The Morgan fingerprint density at radius 3 is 2.71 bits per heavy atom. The van der Waals surface area contributed by atoms with Crippen molar-refractivity contribution in [3.05, 3.63) is 58.7 Å². The highest BCUT2D eigenvalue weighted by molar-refractivity contribution is 6.06. The molecule has 7 heteroatoms. The second-order valence-corrected chi connectivity index (χ2v) is 7.43. The minimum Gasteiger partial charge on any atom is -0.465 e. The molecule has 1 aliphatic carbocycles. The smallest absolute Gasteiger partial charge is 0.414 e. The number of pyridine rings is 1. The largest absolute Gasteiger partial charge is 0.465 e. The minimum absolute atomic E-state index is 0.0627. The first-order valence-electron chi connectivity index (χ1n) is 9.59. The maximum absolute atomic E-state index is 14.4. The number of carbonyl (C=O) groups excluding carboxylic acids is 1. The zero-order valence-electron chi connectivity index (χ0n) is 15.4. The van der Waals surface area contributed by atoms with Crippen molar-refractivity contribution in [1.82, 2.24) is 9.88 Å². The lowest BCUT2D eigenvalue weighted by Gasteiger charge is -2.21. The number of rotatable bonds is 4. The van der Waals surface area contributed by atoms with Gasteiger partial charge in [0.05, 0.1) is 24.5 Å². The summed E-state index contributed by atoms with van der Waals surface area (Å²) in [5.74, 6) is -0.682. The maximum atomic E-state index is 14.4. The van der Waals surface area contributed by atoms with Gasteiger partial charge in [0, 0.05) is 11.8 Å². The molecule has 2 heterocycles. The molecule has 0 radical (unpaired) electrons. The second kappa shape index (κ2) is 7.58. The third-order valence-electron chi connectivity index (χ3n) is 5.61. The van der Waals surface area contributed by atoms with Crippen LogP contribution in [-0.4, -0.2) is 27.0 Å². The van der Waals surface area contributed by atoms with Gasteiger partial charge in [-0.3, -0.25) is 9.78 Å². The van der Waals surface area contributed by atoms with Gasteiger partial charge in [-0.2, -0.15) is 0 Å². The SMILES string of the molecule is O=C(O)N1Cc2cc(NCc3ccc(C4CCCCC4)cn3)c(F)cc2C1=O. The molecule has 1 saturated carbocycles. The van der Waals surface area contributed by atoms with Crippen LogP contribution < -0.4 is 5.32 Å². The van der Waals surface area contributed by atoms with Crippen molar-refractivity contribution < 1.29 is 19.1 Å². The highest BCUT2D eigenvalue weighted by atomic mass is 19.1. The summed E-state index contributed by atoms with van der Waals surface area (Å²) in [7, 11) is 0. The number of halogens is 1. The first-order valence-corrected chi connectivity index (χ1v) is 9.59. The molecule has 2 amide bonds. The van der Waals surface area contributed by atoms with Gasteiger partial charge in [-0.05, 0) is 48.1 Å². The predicted octanol–water partition coefficient (Wildman–Crippen LogP) is 4.51. The molecular weight excluding hydrogens is 361 g/mol. The summed E-state index contributed by atoms with van der Waals surface area (Å²) in [6.07, 6.45) is 6.86. The fourth-order valence-electron chi connectivity index (χ4n) is 4.03. The van der Waals surface area contributed by atoms with E-state index in [9.17, 15) is 14.0 Å². The number of hydrogen-bond acceptors (Lipinski definition) is 4. The van der Waals surface area contributed by atoms with Crippen LogP contribution in [0.25, 0.3) is 0 Å². The van der Waals surface area contributed by atoms with Crippen molar-refractivity contribution in [2.75, 3.05) is 5.32 Å². The predicted molar refractivity (Wildman–Crippen MR) is 102 cm³/mol. The molecule has 6 nitrogen and oxygen atoms in total. The van der Waals surface area contributed by atoms with E-state index >= 15 is 0 Å². The maximum Gasteiger partial charge on any atom is 0.414 e. The normalized spacial score (nSPS) is 16.9. The molecular formula is C21H22FN3O3. The van der Waals surface area contributed by atoms with E-state index in [1.807, 2.05) is 12.3 Å². The van der Waals surface area contributed by atoms with Crippen LogP contribution in [0.5, 0.6) is 0 Å². The van der Waals surface area contributed by atoms with Gasteiger partial charge in [-0.1, -0.05) is 25.3 Å². The Bertz CT molecular complexity index is 908. The molecule has 2 N–H and O–H groups in total. The van der Waals surface area contributed by atoms with Crippen molar-refractivity contribution >= 4 is 17.7 Å². The van der Waals surface area contributed by atoms with Gasteiger partial charge in [0.1, 0.15) is 5.82 Å². The van der Waals surface area contributed by atoms with Crippen molar-refractivity contribution in [1.29, 1.82) is 0 Å². The number of nitrogens with one attached hydrogen (secondary N) is 1. The van der Waals surface area contributed by atoms with Crippen LogP contribution in [0.15, 0.2) is 30.5 Å². The van der Waals surface area contributed by atoms with Crippen molar-refractivity contribution in [2.45, 2.75) is 51.1 Å². The molecule has 28 heavy (non-hydrogen) atoms. The van der Waals surface area contributed by atoms with E-state index in [2.05, 4.69) is 16.4 Å². The zero-order valence-corrected chi connectivity index (χ0v) is 15.4. The van der Waals surface area contributed by atoms with Crippen LogP contribution >= 0.6 is 0 Å². The van der Waals surface area contributed by atoms with E-state index in [1.165, 1.54) is 43.7 Å². The van der Waals surface area contributed by atoms with Gasteiger partial charge in [0.25, 0.3) is 5.91 Å². The molecule has 0 saturated heterocycles. The molecule has 0 bridgehead atoms. The third kappa shape index (κ3) is 3.56. The first kappa shape index (κ1) is 18.4. The monoisotopic (exact) mass is 383 g/mol. The molecule has 0 unspecified atom stereocenters. The Morgan fingerprint density at radius 2 is 2.04 bits per heavy atom. The summed E-state index contributed by atoms with van der Waals surface area (Å²) in [5, 5.41) is 12.1. The molecule has 146 valence electrons. The van der Waals surface area contributed by atoms with Crippen LogP contribution in [0.3, 0.4) is 0 Å². The molecule has 0 atom stereocenters. The minimum atomic E-state index is -1.33. The molecule has 1 aliphatic heterocycles. The Balaban J connectivity index is 1.44. The first-order chi connectivity index (χ1) is 13.5. The molecule has 0 spiro atoms. The summed E-state index contributed by atoms with van der Waals surface area (Å²) in [4.78, 5) is 28.3. The summed E-state index contributed by atoms with van der Waals surface area (Å²) in [6, 6.07) is 6.66. The quantitative estimate of drug-likeness (QED) is 0.811. The van der Waals surface area contributed by atoms with Crippen LogP contribution in [-0.2, 0) is 13.1 Å². The Hall–Kier alpha value is -2.96. The van der Waals surface area contributed by atoms with Crippen LogP contribution in [0.4, 0.5) is 14.9 Å². The lowest BCUT2D eigenvalue weighted by atomic mass is 9.85. The van der Waals surface area contributed by atoms with E-state index in [-0.39, 0.29) is 17.8 Å². The average molecular weight is 383 g/mol. The number of imide groups is 1. The average Bonchev–Trinajstić information content (AvgIpc) is 3.03. The number of aromatic nitrogens is 1. The van der Waals surface area contributed by atoms with Crippen molar-refractivity contribution in [2.24, 2.45) is 0 Å². The number of carboxylic acid groups (broad SMARTS) is 1. The number of amides is 2. The fraction of sp³-hybridized carbons (Fsp3) is 0.381. The number of fused-ring (bicyclic) bond motifs is 1. The van der Waals surface area contributed by atoms with E-state index < -0.39 is 17.8 Å². The van der Waals surface area contributed by atoms with Gasteiger partial charge >= 0.3 is 6.09 Å². The lowest BCUT2D eigenvalue weighted by molar-refractivity contribution is 0.0763. The second-order valence-electron chi connectivity index (χ2n) is 7.43. The Kier molecular flexibility index (Phi) is 4.98. The standard InChI is InChI=1S/C21H22FN3O3/c22-18-9-17-15(12-25(20(17)26)21(27)28)8-19(18)24-11-16-7-6-14(10-23-16)13-4-2-1-3-5-13/h6-10,13,24H,1-5,11-12H2,(H,27,28). The van der Waals surface area contributed by atoms with Gasteiger partial charge in [-0.25, -0.2) is 14.1 Å². The van der Waals surface area contributed by atoms with Crippen LogP contribution in [0.1, 0.15) is 65.2 Å².